The molecule has 0 spiro atoms. The predicted octanol–water partition coefficient (Wildman–Crippen LogP) is -0.979. The zero-order chi connectivity index (χ0) is 21.4. The van der Waals surface area contributed by atoms with Crippen molar-refractivity contribution in [1.29, 1.82) is 0 Å². The molecular formula is C20H26CaO8. The van der Waals surface area contributed by atoms with Gasteiger partial charge < -0.3 is 19.8 Å². The van der Waals surface area contributed by atoms with E-state index in [9.17, 15) is 39.0 Å². The summed E-state index contributed by atoms with van der Waals surface area (Å²) in [5, 5.41) is 21.0. The van der Waals surface area contributed by atoms with Crippen LogP contribution in [0.2, 0.25) is 0 Å². The molecule has 0 saturated heterocycles. The zero-order valence-electron chi connectivity index (χ0n) is 16.9. The molecule has 2 aliphatic rings. The Morgan fingerprint density at radius 2 is 1.03 bits per heavy atom. The number of hydrogen-bond donors (Lipinski definition) is 0. The van der Waals surface area contributed by atoms with Gasteiger partial charge in [0.1, 0.15) is 23.1 Å². The number of rotatable bonds is 6. The Hall–Kier alpha value is -1.12. The van der Waals surface area contributed by atoms with Gasteiger partial charge >= 0.3 is 37.7 Å². The molecule has 2 aliphatic carbocycles. The molecule has 0 radical (unpaired) electrons. The van der Waals surface area contributed by atoms with E-state index in [2.05, 4.69) is 0 Å². The van der Waals surface area contributed by atoms with Gasteiger partial charge in [-0.3, -0.25) is 19.2 Å². The fourth-order valence-corrected chi connectivity index (χ4v) is 3.66. The summed E-state index contributed by atoms with van der Waals surface area (Å²) in [6.45, 7) is 3.50. The molecule has 4 atom stereocenters. The van der Waals surface area contributed by atoms with E-state index in [1.807, 2.05) is 0 Å². The fraction of sp³-hybridized carbons (Fsp3) is 0.700. The van der Waals surface area contributed by atoms with Crippen LogP contribution in [-0.4, -0.2) is 72.8 Å². The Morgan fingerprint density at radius 1 is 0.724 bits per heavy atom. The molecule has 0 aliphatic heterocycles. The molecule has 0 aromatic rings. The van der Waals surface area contributed by atoms with E-state index in [0.717, 1.165) is 0 Å². The Kier molecular flexibility index (Phi) is 12.7. The summed E-state index contributed by atoms with van der Waals surface area (Å²) in [7, 11) is 0. The van der Waals surface area contributed by atoms with E-state index in [1.54, 1.807) is 13.8 Å². The molecule has 0 amide bonds. The first-order chi connectivity index (χ1) is 13.1. The van der Waals surface area contributed by atoms with Crippen molar-refractivity contribution < 1.29 is 39.0 Å². The molecule has 0 bridgehead atoms. The van der Waals surface area contributed by atoms with Crippen LogP contribution in [0.1, 0.15) is 65.2 Å². The molecule has 156 valence electrons. The van der Waals surface area contributed by atoms with E-state index in [0.29, 0.717) is 25.7 Å². The quantitative estimate of drug-likeness (QED) is 0.382. The van der Waals surface area contributed by atoms with Gasteiger partial charge in [0.05, 0.1) is 23.8 Å². The van der Waals surface area contributed by atoms with Crippen LogP contribution in [0.5, 0.6) is 0 Å². The number of carbonyl (C=O) groups is 6. The van der Waals surface area contributed by atoms with Gasteiger partial charge in [0.25, 0.3) is 0 Å². The van der Waals surface area contributed by atoms with E-state index in [-0.39, 0.29) is 98.4 Å². The fourth-order valence-electron chi connectivity index (χ4n) is 3.66. The van der Waals surface area contributed by atoms with Crippen LogP contribution in [0.3, 0.4) is 0 Å². The van der Waals surface area contributed by atoms with Gasteiger partial charge in [0, 0.05) is 37.5 Å². The van der Waals surface area contributed by atoms with Gasteiger partial charge in [-0.05, 0) is 25.7 Å². The largest absolute Gasteiger partial charge is 2.00 e. The number of carbonyl (C=O) groups excluding carboxylic acids is 6. The maximum Gasteiger partial charge on any atom is 2.00 e. The number of hydrogen-bond acceptors (Lipinski definition) is 8. The molecule has 0 heterocycles. The van der Waals surface area contributed by atoms with Crippen molar-refractivity contribution in [3.63, 3.8) is 0 Å². The molecule has 0 aromatic heterocycles. The van der Waals surface area contributed by atoms with Gasteiger partial charge in [0.2, 0.25) is 0 Å². The Balaban J connectivity index is 0.000000523. The smallest absolute Gasteiger partial charge is 0.549 e. The minimum absolute atomic E-state index is 0. The van der Waals surface area contributed by atoms with Crippen LogP contribution < -0.4 is 10.2 Å². The summed E-state index contributed by atoms with van der Waals surface area (Å²) in [4.78, 5) is 66.1. The summed E-state index contributed by atoms with van der Waals surface area (Å²) < 4.78 is 0. The Bertz CT molecular complexity index is 601. The van der Waals surface area contributed by atoms with Gasteiger partial charge in [-0.25, -0.2) is 0 Å². The Morgan fingerprint density at radius 3 is 1.24 bits per heavy atom. The molecule has 29 heavy (non-hydrogen) atoms. The monoisotopic (exact) mass is 434 g/mol. The van der Waals surface area contributed by atoms with Crippen molar-refractivity contribution in [3.05, 3.63) is 0 Å². The first-order valence-corrected chi connectivity index (χ1v) is 9.64. The van der Waals surface area contributed by atoms with Crippen molar-refractivity contribution in [2.24, 2.45) is 23.7 Å². The molecule has 2 saturated carbocycles. The van der Waals surface area contributed by atoms with E-state index >= 15 is 0 Å². The van der Waals surface area contributed by atoms with Gasteiger partial charge in [0.15, 0.2) is 0 Å². The molecular weight excluding hydrogens is 408 g/mol. The van der Waals surface area contributed by atoms with Crippen LogP contribution in [-0.2, 0) is 28.8 Å². The minimum Gasteiger partial charge on any atom is -0.549 e. The average molecular weight is 434 g/mol. The summed E-state index contributed by atoms with van der Waals surface area (Å²) >= 11 is 0. The Labute approximate surface area is 199 Å². The third kappa shape index (κ3) is 8.26. The van der Waals surface area contributed by atoms with Gasteiger partial charge in [-0.1, -0.05) is 13.8 Å². The van der Waals surface area contributed by atoms with Gasteiger partial charge in [-0.15, -0.1) is 0 Å². The van der Waals surface area contributed by atoms with Crippen molar-refractivity contribution >= 4 is 72.8 Å². The molecule has 0 aromatic carbocycles. The third-order valence-corrected chi connectivity index (χ3v) is 5.46. The van der Waals surface area contributed by atoms with Crippen molar-refractivity contribution in [2.45, 2.75) is 65.2 Å². The number of Topliss-reactive ketones (excluding diaryl/α,β-unsaturated/α-hetero) is 4. The minimum atomic E-state index is -1.31. The van der Waals surface area contributed by atoms with E-state index < -0.39 is 23.8 Å². The second-order valence-electron chi connectivity index (χ2n) is 7.27. The van der Waals surface area contributed by atoms with Crippen molar-refractivity contribution in [2.75, 3.05) is 0 Å². The van der Waals surface area contributed by atoms with E-state index in [1.165, 1.54) is 0 Å². The normalized spacial score (nSPS) is 26.4. The number of aliphatic carboxylic acids is 2. The first kappa shape index (κ1) is 27.9. The molecule has 2 rings (SSSR count). The maximum absolute atomic E-state index is 11.3. The average Bonchev–Trinajstić information content (AvgIpc) is 2.66. The number of carboxylic acid groups (broad SMARTS) is 2. The second-order valence-corrected chi connectivity index (χ2v) is 7.27. The van der Waals surface area contributed by atoms with Crippen LogP contribution >= 0.6 is 0 Å². The number of ketones is 4. The topological polar surface area (TPSA) is 149 Å². The second kappa shape index (κ2) is 13.2. The van der Waals surface area contributed by atoms with Crippen molar-refractivity contribution in [1.82, 2.24) is 0 Å². The zero-order valence-corrected chi connectivity index (χ0v) is 19.1. The third-order valence-electron chi connectivity index (χ3n) is 5.46. The van der Waals surface area contributed by atoms with E-state index in [4.69, 9.17) is 0 Å². The van der Waals surface area contributed by atoms with Crippen LogP contribution in [0.15, 0.2) is 0 Å². The summed E-state index contributed by atoms with van der Waals surface area (Å²) in [6.07, 6.45) is 2.46. The molecule has 0 N–H and O–H groups in total. The standard InChI is InChI=1S/2C10H14O4.Ca/c2*1-2-8(11)6-3-4-7(10(13)14)9(12)5-6;/h2*6-7H,2-5H2,1H3,(H,13,14);/q;;+2/p-2. The van der Waals surface area contributed by atoms with Crippen LogP contribution in [0.25, 0.3) is 0 Å². The summed E-state index contributed by atoms with van der Waals surface area (Å²) in [6, 6.07) is 0. The predicted molar refractivity (Wildman–Crippen MR) is 98.0 cm³/mol. The molecule has 4 unspecified atom stereocenters. The SMILES string of the molecule is CCC(=O)C1CCC(C(=O)[O-])C(=O)C1.CCC(=O)C1CCC(C(=O)[O-])C(=O)C1.[Ca+2]. The molecule has 9 heteroatoms. The number of carboxylic acids is 2. The van der Waals surface area contributed by atoms with Crippen LogP contribution in [0.4, 0.5) is 0 Å². The van der Waals surface area contributed by atoms with Crippen molar-refractivity contribution in [3.8, 4) is 0 Å². The van der Waals surface area contributed by atoms with Gasteiger partial charge in [-0.2, -0.15) is 0 Å². The molecule has 2 fully saturated rings. The summed E-state index contributed by atoms with van der Waals surface area (Å²) in [5.74, 6) is -5.73. The maximum atomic E-state index is 11.3. The first-order valence-electron chi connectivity index (χ1n) is 9.64. The van der Waals surface area contributed by atoms with Crippen LogP contribution in [0, 0.1) is 23.7 Å². The summed E-state index contributed by atoms with van der Waals surface area (Å²) in [5.41, 5.74) is 0. The molecule has 8 nitrogen and oxygen atoms in total.